The molecule has 78 valence electrons. The standard InChI is InChI=1S/C12H26N/c1-6-9-10-12(8-3)13(4,5)11-7-2/h7,12H,2,6,8-11H2,1,3-5H3/q+1. The molecule has 0 radical (unpaired) electrons. The second-order valence-electron chi connectivity index (χ2n) is 4.45. The summed E-state index contributed by atoms with van der Waals surface area (Å²) in [6, 6.07) is 0.804. The van der Waals surface area contributed by atoms with Gasteiger partial charge < -0.3 is 4.48 Å². The van der Waals surface area contributed by atoms with E-state index in [2.05, 4.69) is 34.5 Å². The lowest BCUT2D eigenvalue weighted by molar-refractivity contribution is -0.910. The van der Waals surface area contributed by atoms with E-state index >= 15 is 0 Å². The molecule has 0 aliphatic carbocycles. The molecule has 0 aliphatic heterocycles. The minimum absolute atomic E-state index is 0.804. The first kappa shape index (κ1) is 12.7. The number of unbranched alkanes of at least 4 members (excludes halogenated alkanes) is 1. The third-order valence-electron chi connectivity index (χ3n) is 2.95. The number of hydrogen-bond acceptors (Lipinski definition) is 0. The number of rotatable bonds is 7. The quantitative estimate of drug-likeness (QED) is 0.421. The first-order valence-corrected chi connectivity index (χ1v) is 5.52. The van der Waals surface area contributed by atoms with E-state index in [1.165, 1.54) is 25.7 Å². The van der Waals surface area contributed by atoms with Crippen molar-refractivity contribution in [1.29, 1.82) is 0 Å². The van der Waals surface area contributed by atoms with Crippen LogP contribution in [0.4, 0.5) is 0 Å². The van der Waals surface area contributed by atoms with Crippen molar-refractivity contribution in [3.05, 3.63) is 12.7 Å². The summed E-state index contributed by atoms with van der Waals surface area (Å²) in [7, 11) is 4.62. The van der Waals surface area contributed by atoms with E-state index in [4.69, 9.17) is 0 Å². The van der Waals surface area contributed by atoms with Crippen LogP contribution in [0.3, 0.4) is 0 Å². The van der Waals surface area contributed by atoms with Crippen molar-refractivity contribution in [2.45, 2.75) is 45.6 Å². The van der Waals surface area contributed by atoms with Gasteiger partial charge in [0.2, 0.25) is 0 Å². The molecule has 1 nitrogen and oxygen atoms in total. The van der Waals surface area contributed by atoms with Crippen molar-refractivity contribution in [1.82, 2.24) is 0 Å². The van der Waals surface area contributed by atoms with Crippen molar-refractivity contribution in [2.24, 2.45) is 0 Å². The first-order valence-electron chi connectivity index (χ1n) is 5.52. The molecule has 0 aromatic heterocycles. The van der Waals surface area contributed by atoms with E-state index < -0.39 is 0 Å². The average molecular weight is 184 g/mol. The Morgan fingerprint density at radius 3 is 2.31 bits per heavy atom. The molecular formula is C12H26N+. The fourth-order valence-electron chi connectivity index (χ4n) is 1.97. The molecule has 1 unspecified atom stereocenters. The maximum Gasteiger partial charge on any atom is 0.0969 e. The zero-order valence-electron chi connectivity index (χ0n) is 9.84. The molecule has 1 atom stereocenters. The van der Waals surface area contributed by atoms with E-state index in [0.717, 1.165) is 17.1 Å². The largest absolute Gasteiger partial charge is 0.323 e. The Labute approximate surface area is 84.0 Å². The molecule has 1 heteroatoms. The van der Waals surface area contributed by atoms with Crippen LogP contribution < -0.4 is 0 Å². The lowest BCUT2D eigenvalue weighted by atomic mass is 10.0. The van der Waals surface area contributed by atoms with Gasteiger partial charge in [-0.1, -0.05) is 26.8 Å². The third-order valence-corrected chi connectivity index (χ3v) is 2.95. The van der Waals surface area contributed by atoms with Gasteiger partial charge in [0.15, 0.2) is 0 Å². The van der Waals surface area contributed by atoms with Crippen molar-refractivity contribution in [2.75, 3.05) is 20.6 Å². The molecule has 0 aromatic rings. The minimum atomic E-state index is 0.804. The van der Waals surface area contributed by atoms with Crippen molar-refractivity contribution >= 4 is 0 Å². The summed E-state index contributed by atoms with van der Waals surface area (Å²) in [4.78, 5) is 0. The number of hydrogen-bond donors (Lipinski definition) is 0. The molecule has 0 saturated carbocycles. The molecule has 0 bridgehead atoms. The Morgan fingerprint density at radius 1 is 1.31 bits per heavy atom. The molecule has 0 aliphatic rings. The average Bonchev–Trinajstić information content (AvgIpc) is 2.05. The van der Waals surface area contributed by atoms with Gasteiger partial charge in [0.25, 0.3) is 0 Å². The van der Waals surface area contributed by atoms with Crippen LogP contribution in [0.2, 0.25) is 0 Å². The van der Waals surface area contributed by atoms with Crippen molar-refractivity contribution in [3.8, 4) is 0 Å². The molecule has 0 aromatic carbocycles. The summed E-state index contributed by atoms with van der Waals surface area (Å²) in [6.45, 7) is 9.47. The maximum absolute atomic E-state index is 3.83. The lowest BCUT2D eigenvalue weighted by Crippen LogP contribution is -2.48. The van der Waals surface area contributed by atoms with E-state index in [0.29, 0.717) is 0 Å². The summed E-state index contributed by atoms with van der Waals surface area (Å²) >= 11 is 0. The second kappa shape index (κ2) is 6.20. The molecule has 0 heterocycles. The van der Waals surface area contributed by atoms with Gasteiger partial charge in [0.05, 0.1) is 26.7 Å². The molecular weight excluding hydrogens is 158 g/mol. The van der Waals surface area contributed by atoms with E-state index in [1.807, 2.05) is 6.08 Å². The van der Waals surface area contributed by atoms with Gasteiger partial charge in [-0.15, -0.1) is 0 Å². The van der Waals surface area contributed by atoms with E-state index in [1.54, 1.807) is 0 Å². The molecule has 0 saturated heterocycles. The van der Waals surface area contributed by atoms with Gasteiger partial charge in [-0.05, 0) is 25.3 Å². The maximum atomic E-state index is 3.83. The van der Waals surface area contributed by atoms with Gasteiger partial charge >= 0.3 is 0 Å². The van der Waals surface area contributed by atoms with Crippen LogP contribution in [0.5, 0.6) is 0 Å². The highest BCUT2D eigenvalue weighted by atomic mass is 15.3. The lowest BCUT2D eigenvalue weighted by Gasteiger charge is -2.37. The van der Waals surface area contributed by atoms with Crippen LogP contribution in [0.25, 0.3) is 0 Å². The summed E-state index contributed by atoms with van der Waals surface area (Å²) in [5.41, 5.74) is 0. The molecule has 0 rings (SSSR count). The molecule has 0 N–H and O–H groups in total. The fourth-order valence-corrected chi connectivity index (χ4v) is 1.97. The molecule has 0 fully saturated rings. The van der Waals surface area contributed by atoms with Crippen LogP contribution in [0.1, 0.15) is 39.5 Å². The second-order valence-corrected chi connectivity index (χ2v) is 4.45. The highest BCUT2D eigenvalue weighted by Crippen LogP contribution is 2.16. The summed E-state index contributed by atoms with van der Waals surface area (Å²) in [5, 5.41) is 0. The summed E-state index contributed by atoms with van der Waals surface area (Å²) < 4.78 is 1.10. The number of likely N-dealkylation sites (N-methyl/N-ethyl adjacent to an activating group) is 1. The zero-order chi connectivity index (χ0) is 10.3. The minimum Gasteiger partial charge on any atom is -0.323 e. The molecule has 13 heavy (non-hydrogen) atoms. The molecule has 0 spiro atoms. The summed E-state index contributed by atoms with van der Waals surface area (Å²) in [5.74, 6) is 0. The monoisotopic (exact) mass is 184 g/mol. The van der Waals surface area contributed by atoms with Gasteiger partial charge in [-0.25, -0.2) is 0 Å². The predicted molar refractivity (Wildman–Crippen MR) is 60.8 cm³/mol. The zero-order valence-corrected chi connectivity index (χ0v) is 9.84. The third kappa shape index (κ3) is 4.47. The van der Waals surface area contributed by atoms with Crippen LogP contribution in [0, 0.1) is 0 Å². The summed E-state index contributed by atoms with van der Waals surface area (Å²) in [6.07, 6.45) is 7.34. The first-order chi connectivity index (χ1) is 6.08. The Bertz CT molecular complexity index is 138. The Morgan fingerprint density at radius 2 is 1.92 bits per heavy atom. The van der Waals surface area contributed by atoms with Crippen molar-refractivity contribution < 1.29 is 4.48 Å². The van der Waals surface area contributed by atoms with Gasteiger partial charge in [-0.2, -0.15) is 0 Å². The van der Waals surface area contributed by atoms with Crippen LogP contribution in [-0.4, -0.2) is 31.2 Å². The Hall–Kier alpha value is -0.300. The smallest absolute Gasteiger partial charge is 0.0969 e. The fraction of sp³-hybridized carbons (Fsp3) is 0.833. The highest BCUT2D eigenvalue weighted by molar-refractivity contribution is 4.67. The SMILES string of the molecule is C=CC[N+](C)(C)C(CC)CCCC. The van der Waals surface area contributed by atoms with Gasteiger partial charge in [0.1, 0.15) is 0 Å². The van der Waals surface area contributed by atoms with Gasteiger partial charge in [-0.3, -0.25) is 0 Å². The van der Waals surface area contributed by atoms with Crippen molar-refractivity contribution in [3.63, 3.8) is 0 Å². The Balaban J connectivity index is 4.10. The Kier molecular flexibility index (Phi) is 6.06. The van der Waals surface area contributed by atoms with Crippen LogP contribution in [0.15, 0.2) is 12.7 Å². The molecule has 0 amide bonds. The van der Waals surface area contributed by atoms with E-state index in [9.17, 15) is 0 Å². The van der Waals surface area contributed by atoms with Crippen LogP contribution >= 0.6 is 0 Å². The highest BCUT2D eigenvalue weighted by Gasteiger charge is 2.24. The number of quaternary nitrogens is 1. The van der Waals surface area contributed by atoms with Gasteiger partial charge in [0, 0.05) is 0 Å². The topological polar surface area (TPSA) is 0 Å². The normalized spacial score (nSPS) is 14.2. The van der Waals surface area contributed by atoms with Crippen LogP contribution in [-0.2, 0) is 0 Å². The van der Waals surface area contributed by atoms with E-state index in [-0.39, 0.29) is 0 Å². The predicted octanol–water partition coefficient (Wildman–Crippen LogP) is 3.22. The number of nitrogens with zero attached hydrogens (tertiary/aromatic N) is 1.